The lowest BCUT2D eigenvalue weighted by Crippen LogP contribution is -2.19. The third kappa shape index (κ3) is 2.69. The topological polar surface area (TPSA) is 71.8 Å². The summed E-state index contributed by atoms with van der Waals surface area (Å²) >= 11 is 0. The van der Waals surface area contributed by atoms with E-state index in [-0.39, 0.29) is 6.03 Å². The van der Waals surface area contributed by atoms with Crippen molar-refractivity contribution >= 4 is 28.3 Å². The van der Waals surface area contributed by atoms with E-state index in [1.807, 2.05) is 32.2 Å². The Morgan fingerprint density at radius 1 is 1.10 bits per heavy atom. The number of hydrogen-bond acceptors (Lipinski definition) is 3. The average molecular weight is 281 g/mol. The Bertz CT molecular complexity index is 794. The highest BCUT2D eigenvalue weighted by atomic mass is 16.2. The molecule has 0 aliphatic heterocycles. The van der Waals surface area contributed by atoms with E-state index in [4.69, 9.17) is 0 Å². The fourth-order valence-electron chi connectivity index (χ4n) is 2.24. The molecule has 3 aromatic rings. The van der Waals surface area contributed by atoms with Crippen LogP contribution in [-0.4, -0.2) is 20.8 Å². The number of rotatable bonds is 2. The molecule has 0 bridgehead atoms. The Hall–Kier alpha value is -2.89. The minimum absolute atomic E-state index is 0.292. The predicted octanol–water partition coefficient (Wildman–Crippen LogP) is 2.92. The van der Waals surface area contributed by atoms with E-state index in [1.54, 1.807) is 29.2 Å². The third-order valence-corrected chi connectivity index (χ3v) is 3.23. The van der Waals surface area contributed by atoms with Crippen molar-refractivity contribution in [2.45, 2.75) is 6.92 Å². The molecular formula is C15H15N5O. The van der Waals surface area contributed by atoms with Gasteiger partial charge in [-0.1, -0.05) is 0 Å². The SMILES string of the molecule is Cc1nn(C)c2cc(NC(=O)Nc3ccncc3)ccc12. The molecule has 2 aromatic heterocycles. The van der Waals surface area contributed by atoms with Crippen LogP contribution < -0.4 is 10.6 Å². The summed E-state index contributed by atoms with van der Waals surface area (Å²) in [6.07, 6.45) is 3.25. The molecule has 0 fully saturated rings. The maximum Gasteiger partial charge on any atom is 0.323 e. The highest BCUT2D eigenvalue weighted by molar-refractivity contribution is 6.01. The molecule has 0 radical (unpaired) electrons. The lowest BCUT2D eigenvalue weighted by molar-refractivity contribution is 0.262. The zero-order valence-corrected chi connectivity index (χ0v) is 11.8. The summed E-state index contributed by atoms with van der Waals surface area (Å²) < 4.78 is 1.80. The van der Waals surface area contributed by atoms with Gasteiger partial charge in [-0.15, -0.1) is 0 Å². The number of benzene rings is 1. The Kier molecular flexibility index (Phi) is 3.27. The molecule has 0 saturated carbocycles. The number of nitrogens with zero attached hydrogens (tertiary/aromatic N) is 3. The molecule has 106 valence electrons. The summed E-state index contributed by atoms with van der Waals surface area (Å²) in [6, 6.07) is 8.89. The minimum Gasteiger partial charge on any atom is -0.308 e. The smallest absolute Gasteiger partial charge is 0.308 e. The first-order chi connectivity index (χ1) is 10.1. The second-order valence-electron chi connectivity index (χ2n) is 4.76. The van der Waals surface area contributed by atoms with Gasteiger partial charge in [-0.2, -0.15) is 5.10 Å². The monoisotopic (exact) mass is 281 g/mol. The molecular weight excluding hydrogens is 266 g/mol. The van der Waals surface area contributed by atoms with E-state index in [1.165, 1.54) is 0 Å². The van der Waals surface area contributed by atoms with Crippen LogP contribution in [0.15, 0.2) is 42.7 Å². The van der Waals surface area contributed by atoms with Crippen molar-refractivity contribution in [2.75, 3.05) is 10.6 Å². The number of fused-ring (bicyclic) bond motifs is 1. The normalized spacial score (nSPS) is 10.6. The Morgan fingerprint density at radius 3 is 2.57 bits per heavy atom. The number of hydrogen-bond donors (Lipinski definition) is 2. The van der Waals surface area contributed by atoms with E-state index in [0.717, 1.165) is 22.3 Å². The van der Waals surface area contributed by atoms with Crippen molar-refractivity contribution in [1.82, 2.24) is 14.8 Å². The van der Waals surface area contributed by atoms with Crippen molar-refractivity contribution in [2.24, 2.45) is 7.05 Å². The summed E-state index contributed by atoms with van der Waals surface area (Å²) in [5.41, 5.74) is 3.37. The van der Waals surface area contributed by atoms with Crippen molar-refractivity contribution in [3.05, 3.63) is 48.4 Å². The Morgan fingerprint density at radius 2 is 1.81 bits per heavy atom. The van der Waals surface area contributed by atoms with Gasteiger partial charge in [0.15, 0.2) is 0 Å². The number of carbonyl (C=O) groups excluding carboxylic acids is 1. The lowest BCUT2D eigenvalue weighted by atomic mass is 10.2. The number of carbonyl (C=O) groups is 1. The van der Waals surface area contributed by atoms with E-state index >= 15 is 0 Å². The zero-order chi connectivity index (χ0) is 14.8. The molecule has 3 rings (SSSR count). The molecule has 0 unspecified atom stereocenters. The maximum absolute atomic E-state index is 11.9. The molecule has 6 heteroatoms. The molecule has 2 amide bonds. The molecule has 0 aliphatic carbocycles. The minimum atomic E-state index is -0.292. The number of urea groups is 1. The van der Waals surface area contributed by atoms with Gasteiger partial charge in [0.1, 0.15) is 0 Å². The van der Waals surface area contributed by atoms with E-state index in [2.05, 4.69) is 20.7 Å². The largest absolute Gasteiger partial charge is 0.323 e. The molecule has 2 N–H and O–H groups in total. The highest BCUT2D eigenvalue weighted by Gasteiger charge is 2.07. The van der Waals surface area contributed by atoms with Gasteiger partial charge < -0.3 is 10.6 Å². The van der Waals surface area contributed by atoms with Gasteiger partial charge in [-0.3, -0.25) is 9.67 Å². The number of anilines is 2. The summed E-state index contributed by atoms with van der Waals surface area (Å²) in [6.45, 7) is 1.96. The van der Waals surface area contributed by atoms with Gasteiger partial charge in [-0.25, -0.2) is 4.79 Å². The zero-order valence-electron chi connectivity index (χ0n) is 11.8. The fourth-order valence-corrected chi connectivity index (χ4v) is 2.24. The van der Waals surface area contributed by atoms with Gasteiger partial charge in [0, 0.05) is 36.2 Å². The first-order valence-corrected chi connectivity index (χ1v) is 6.55. The van der Waals surface area contributed by atoms with Crippen LogP contribution in [0.1, 0.15) is 5.69 Å². The van der Waals surface area contributed by atoms with Gasteiger partial charge in [0.05, 0.1) is 11.2 Å². The van der Waals surface area contributed by atoms with Crippen LogP contribution in [0, 0.1) is 6.92 Å². The molecule has 0 spiro atoms. The van der Waals surface area contributed by atoms with E-state index in [0.29, 0.717) is 5.69 Å². The molecule has 1 aromatic carbocycles. The summed E-state index contributed by atoms with van der Waals surface area (Å²) in [7, 11) is 1.89. The van der Waals surface area contributed by atoms with E-state index < -0.39 is 0 Å². The van der Waals surface area contributed by atoms with Crippen molar-refractivity contribution in [1.29, 1.82) is 0 Å². The number of aryl methyl sites for hydroxylation is 2. The van der Waals surface area contributed by atoms with E-state index in [9.17, 15) is 4.79 Å². The molecule has 6 nitrogen and oxygen atoms in total. The van der Waals surface area contributed by atoms with Gasteiger partial charge in [0.25, 0.3) is 0 Å². The van der Waals surface area contributed by atoms with Crippen molar-refractivity contribution in [3.63, 3.8) is 0 Å². The second kappa shape index (κ2) is 5.24. The van der Waals surface area contributed by atoms with Gasteiger partial charge in [-0.05, 0) is 37.3 Å². The quantitative estimate of drug-likeness (QED) is 0.758. The molecule has 2 heterocycles. The Labute approximate surface area is 121 Å². The van der Waals surface area contributed by atoms with Crippen LogP contribution in [0.25, 0.3) is 10.9 Å². The summed E-state index contributed by atoms with van der Waals surface area (Å²) in [5.74, 6) is 0. The second-order valence-corrected chi connectivity index (χ2v) is 4.76. The molecule has 0 atom stereocenters. The van der Waals surface area contributed by atoms with Crippen molar-refractivity contribution < 1.29 is 4.79 Å². The third-order valence-electron chi connectivity index (χ3n) is 3.23. The first kappa shape index (κ1) is 13.1. The van der Waals surface area contributed by atoms with Crippen molar-refractivity contribution in [3.8, 4) is 0 Å². The molecule has 0 aliphatic rings. The highest BCUT2D eigenvalue weighted by Crippen LogP contribution is 2.21. The number of nitrogens with one attached hydrogen (secondary N) is 2. The Balaban J connectivity index is 1.78. The van der Waals surface area contributed by atoms with Crippen LogP contribution in [0.3, 0.4) is 0 Å². The van der Waals surface area contributed by atoms with Crippen LogP contribution in [0.5, 0.6) is 0 Å². The average Bonchev–Trinajstić information content (AvgIpc) is 2.74. The number of pyridine rings is 1. The number of amides is 2. The van der Waals surface area contributed by atoms with Gasteiger partial charge in [0.2, 0.25) is 0 Å². The van der Waals surface area contributed by atoms with Gasteiger partial charge >= 0.3 is 6.03 Å². The molecule has 21 heavy (non-hydrogen) atoms. The summed E-state index contributed by atoms with van der Waals surface area (Å²) in [4.78, 5) is 15.8. The predicted molar refractivity (Wildman–Crippen MR) is 82.3 cm³/mol. The van der Waals surface area contributed by atoms with Crippen LogP contribution in [0.2, 0.25) is 0 Å². The number of aromatic nitrogens is 3. The van der Waals surface area contributed by atoms with Crippen LogP contribution in [-0.2, 0) is 7.05 Å². The standard InChI is InChI=1S/C15H15N5O/c1-10-13-4-3-12(9-14(13)20(2)19-10)18-15(21)17-11-5-7-16-8-6-11/h3-9H,1-2H3,(H2,16,17,18,21). The lowest BCUT2D eigenvalue weighted by Gasteiger charge is -2.07. The summed E-state index contributed by atoms with van der Waals surface area (Å²) in [5, 5.41) is 11.0. The maximum atomic E-state index is 11.9. The van der Waals surface area contributed by atoms with Crippen LogP contribution >= 0.6 is 0 Å². The molecule has 0 saturated heterocycles. The first-order valence-electron chi connectivity index (χ1n) is 6.55. The fraction of sp³-hybridized carbons (Fsp3) is 0.133. The van der Waals surface area contributed by atoms with Crippen LogP contribution in [0.4, 0.5) is 16.2 Å².